The van der Waals surface area contributed by atoms with Gasteiger partial charge in [0.2, 0.25) is 0 Å². The second-order valence-electron chi connectivity index (χ2n) is 8.20. The maximum atomic E-state index is 10.4. The Morgan fingerprint density at radius 3 is 1.38 bits per heavy atom. The van der Waals surface area contributed by atoms with E-state index in [-0.39, 0.29) is 0 Å². The van der Waals surface area contributed by atoms with Gasteiger partial charge in [-0.05, 0) is 38.5 Å². The van der Waals surface area contributed by atoms with Crippen molar-refractivity contribution in [2.45, 2.75) is 129 Å². The summed E-state index contributed by atoms with van der Waals surface area (Å²) in [6, 6.07) is 0. The third-order valence-electron chi connectivity index (χ3n) is 5.26. The Morgan fingerprint density at radius 1 is 0.552 bits per heavy atom. The Morgan fingerprint density at radius 2 is 0.931 bits per heavy atom. The molecular formula is C27H48O2. The average molecular weight is 405 g/mol. The molecule has 0 aromatic heterocycles. The van der Waals surface area contributed by atoms with E-state index in [1.807, 2.05) is 0 Å². The second kappa shape index (κ2) is 24.7. The highest BCUT2D eigenvalue weighted by atomic mass is 16.4. The van der Waals surface area contributed by atoms with Gasteiger partial charge in [-0.3, -0.25) is 4.79 Å². The van der Waals surface area contributed by atoms with Crippen molar-refractivity contribution in [1.29, 1.82) is 0 Å². The fourth-order valence-electron chi connectivity index (χ4n) is 3.43. The Balaban J connectivity index is 3.16. The van der Waals surface area contributed by atoms with E-state index >= 15 is 0 Å². The minimum Gasteiger partial charge on any atom is -0.481 e. The number of hydrogen-bond acceptors (Lipinski definition) is 1. The number of carboxylic acid groups (broad SMARTS) is 1. The van der Waals surface area contributed by atoms with Crippen LogP contribution in [0.15, 0.2) is 36.5 Å². The molecular weight excluding hydrogens is 356 g/mol. The van der Waals surface area contributed by atoms with Gasteiger partial charge in [0.1, 0.15) is 0 Å². The molecule has 0 aliphatic rings. The highest BCUT2D eigenvalue weighted by Gasteiger charge is 1.97. The second-order valence-corrected chi connectivity index (χ2v) is 8.20. The van der Waals surface area contributed by atoms with Crippen molar-refractivity contribution in [3.63, 3.8) is 0 Å². The van der Waals surface area contributed by atoms with Crippen LogP contribution in [-0.2, 0) is 4.79 Å². The monoisotopic (exact) mass is 404 g/mol. The molecule has 0 amide bonds. The Kier molecular flexibility index (Phi) is 23.6. The van der Waals surface area contributed by atoms with Crippen molar-refractivity contribution in [2.75, 3.05) is 0 Å². The van der Waals surface area contributed by atoms with E-state index in [0.29, 0.717) is 6.42 Å². The van der Waals surface area contributed by atoms with Gasteiger partial charge >= 0.3 is 5.97 Å². The topological polar surface area (TPSA) is 37.3 Å². The van der Waals surface area contributed by atoms with E-state index in [0.717, 1.165) is 25.7 Å². The van der Waals surface area contributed by atoms with Crippen LogP contribution in [-0.4, -0.2) is 11.1 Å². The summed E-state index contributed by atoms with van der Waals surface area (Å²) in [5, 5.41) is 8.58. The lowest BCUT2D eigenvalue weighted by Crippen LogP contribution is -1.93. The van der Waals surface area contributed by atoms with Gasteiger partial charge in [0.25, 0.3) is 0 Å². The summed E-state index contributed by atoms with van der Waals surface area (Å²) in [5.74, 6) is -0.657. The van der Waals surface area contributed by atoms with Gasteiger partial charge in [0, 0.05) is 6.42 Å². The maximum Gasteiger partial charge on any atom is 0.303 e. The van der Waals surface area contributed by atoms with Crippen molar-refractivity contribution in [3.8, 4) is 0 Å². The SMILES string of the molecule is CCCC=CCC=CCC=CCCCCCCCCCCCCCCCC(=O)O. The van der Waals surface area contributed by atoms with Crippen LogP contribution in [0, 0.1) is 0 Å². The van der Waals surface area contributed by atoms with E-state index < -0.39 is 5.97 Å². The van der Waals surface area contributed by atoms with Crippen molar-refractivity contribution < 1.29 is 9.90 Å². The minimum atomic E-state index is -0.657. The fraction of sp³-hybridized carbons (Fsp3) is 0.741. The minimum absolute atomic E-state index is 0.338. The van der Waals surface area contributed by atoms with Crippen LogP contribution in [0.5, 0.6) is 0 Å². The molecule has 1 N–H and O–H groups in total. The lowest BCUT2D eigenvalue weighted by atomic mass is 10.0. The molecule has 0 rings (SSSR count). The van der Waals surface area contributed by atoms with Crippen LogP contribution in [0.2, 0.25) is 0 Å². The lowest BCUT2D eigenvalue weighted by Gasteiger charge is -2.03. The number of allylic oxidation sites excluding steroid dienone is 6. The van der Waals surface area contributed by atoms with Crippen LogP contribution >= 0.6 is 0 Å². The van der Waals surface area contributed by atoms with Gasteiger partial charge in [0.15, 0.2) is 0 Å². The summed E-state index contributed by atoms with van der Waals surface area (Å²) in [4.78, 5) is 10.4. The van der Waals surface area contributed by atoms with Crippen molar-refractivity contribution in [2.24, 2.45) is 0 Å². The predicted octanol–water partition coefficient (Wildman–Crippen LogP) is 9.17. The first kappa shape index (κ1) is 27.7. The molecule has 0 spiro atoms. The molecule has 0 aromatic carbocycles. The first-order chi connectivity index (χ1) is 14.3. The molecule has 0 radical (unpaired) electrons. The largest absolute Gasteiger partial charge is 0.481 e. The van der Waals surface area contributed by atoms with Crippen molar-refractivity contribution >= 4 is 5.97 Å². The standard InChI is InChI=1S/C27H48O2/c1-2-3-4-5-6-7-8-9-10-11-12-13-14-15-16-17-18-19-20-21-22-23-24-25-26-27(28)29/h4-5,7-8,10-11H,2-3,6,9,12-26H2,1H3,(H,28,29). The van der Waals surface area contributed by atoms with E-state index in [9.17, 15) is 4.79 Å². The average Bonchev–Trinajstić information content (AvgIpc) is 2.71. The van der Waals surface area contributed by atoms with Gasteiger partial charge in [0.05, 0.1) is 0 Å². The molecule has 2 heteroatoms. The Bertz CT molecular complexity index is 420. The highest BCUT2D eigenvalue weighted by molar-refractivity contribution is 5.66. The number of carbonyl (C=O) groups is 1. The molecule has 0 saturated carbocycles. The first-order valence-electron chi connectivity index (χ1n) is 12.4. The summed E-state index contributed by atoms with van der Waals surface area (Å²) in [7, 11) is 0. The molecule has 29 heavy (non-hydrogen) atoms. The molecule has 0 aromatic rings. The fourth-order valence-corrected chi connectivity index (χ4v) is 3.43. The smallest absolute Gasteiger partial charge is 0.303 e. The number of aliphatic carboxylic acids is 1. The van der Waals surface area contributed by atoms with Crippen LogP contribution in [0.1, 0.15) is 129 Å². The molecule has 0 aliphatic heterocycles. The number of rotatable bonds is 22. The lowest BCUT2D eigenvalue weighted by molar-refractivity contribution is -0.137. The number of carboxylic acids is 1. The highest BCUT2D eigenvalue weighted by Crippen LogP contribution is 2.13. The molecule has 0 atom stereocenters. The first-order valence-corrected chi connectivity index (χ1v) is 12.4. The van der Waals surface area contributed by atoms with Crippen LogP contribution in [0.4, 0.5) is 0 Å². The third kappa shape index (κ3) is 26.7. The molecule has 2 nitrogen and oxygen atoms in total. The quantitative estimate of drug-likeness (QED) is 0.144. The molecule has 0 bridgehead atoms. The van der Waals surface area contributed by atoms with Crippen LogP contribution < -0.4 is 0 Å². The van der Waals surface area contributed by atoms with E-state index in [1.165, 1.54) is 89.9 Å². The van der Waals surface area contributed by atoms with E-state index in [1.54, 1.807) is 0 Å². The maximum absolute atomic E-state index is 10.4. The number of hydrogen-bond donors (Lipinski definition) is 1. The molecule has 0 unspecified atom stereocenters. The molecule has 168 valence electrons. The van der Waals surface area contributed by atoms with Gasteiger partial charge in [-0.15, -0.1) is 0 Å². The Labute approximate surface area is 181 Å². The van der Waals surface area contributed by atoms with Gasteiger partial charge < -0.3 is 5.11 Å². The molecule has 0 aliphatic carbocycles. The summed E-state index contributed by atoms with van der Waals surface area (Å²) in [5.41, 5.74) is 0. The van der Waals surface area contributed by atoms with E-state index in [2.05, 4.69) is 43.4 Å². The van der Waals surface area contributed by atoms with E-state index in [4.69, 9.17) is 5.11 Å². The van der Waals surface area contributed by atoms with Crippen molar-refractivity contribution in [1.82, 2.24) is 0 Å². The summed E-state index contributed by atoms with van der Waals surface area (Å²) < 4.78 is 0. The number of unbranched alkanes of at least 4 members (excludes halogenated alkanes) is 14. The van der Waals surface area contributed by atoms with Crippen LogP contribution in [0.3, 0.4) is 0 Å². The predicted molar refractivity (Wildman–Crippen MR) is 128 cm³/mol. The molecule has 0 heterocycles. The summed E-state index contributed by atoms with van der Waals surface area (Å²) >= 11 is 0. The van der Waals surface area contributed by atoms with Gasteiger partial charge in [-0.25, -0.2) is 0 Å². The van der Waals surface area contributed by atoms with Crippen molar-refractivity contribution in [3.05, 3.63) is 36.5 Å². The van der Waals surface area contributed by atoms with Gasteiger partial charge in [-0.1, -0.05) is 120 Å². The Hall–Kier alpha value is -1.31. The summed E-state index contributed by atoms with van der Waals surface area (Å²) in [6.45, 7) is 2.21. The zero-order valence-corrected chi connectivity index (χ0v) is 19.3. The van der Waals surface area contributed by atoms with Crippen LogP contribution in [0.25, 0.3) is 0 Å². The summed E-state index contributed by atoms with van der Waals surface area (Å²) in [6.07, 6.45) is 36.6. The molecule has 0 saturated heterocycles. The van der Waals surface area contributed by atoms with Gasteiger partial charge in [-0.2, -0.15) is 0 Å². The zero-order chi connectivity index (χ0) is 21.3. The zero-order valence-electron chi connectivity index (χ0n) is 19.3. The third-order valence-corrected chi connectivity index (χ3v) is 5.26. The normalized spacial score (nSPS) is 12.0. The molecule has 0 fully saturated rings.